The maximum absolute atomic E-state index is 3.26. The normalized spacial score (nSPS) is 9.95. The molecule has 2 aromatic carbocycles. The molecule has 0 saturated carbocycles. The summed E-state index contributed by atoms with van der Waals surface area (Å²) in [5.74, 6) is 6.48. The van der Waals surface area contributed by atoms with Crippen LogP contribution in [0.5, 0.6) is 0 Å². The van der Waals surface area contributed by atoms with Crippen LogP contribution in [0, 0.1) is 11.8 Å². The van der Waals surface area contributed by atoms with Gasteiger partial charge >= 0.3 is 0 Å². The molecule has 0 amide bonds. The van der Waals surface area contributed by atoms with Gasteiger partial charge in [0.25, 0.3) is 0 Å². The first-order valence-corrected chi connectivity index (χ1v) is 7.87. The van der Waals surface area contributed by atoms with Crippen molar-refractivity contribution in [2.24, 2.45) is 0 Å². The Hall–Kier alpha value is -2.30. The highest BCUT2D eigenvalue weighted by atomic mass is 15.1. The number of benzene rings is 2. The van der Waals surface area contributed by atoms with Crippen LogP contribution in [0.25, 0.3) is 5.57 Å². The molecule has 1 nitrogen and oxygen atoms in total. The minimum absolute atomic E-state index is 0.820. The monoisotopic (exact) mass is 289 g/mol. The van der Waals surface area contributed by atoms with Gasteiger partial charge in [-0.25, -0.2) is 0 Å². The Morgan fingerprint density at radius 1 is 0.864 bits per heavy atom. The molecule has 0 aliphatic carbocycles. The van der Waals surface area contributed by atoms with Crippen LogP contribution in [-0.2, 0) is 0 Å². The third kappa shape index (κ3) is 4.62. The standard InChI is InChI=1S/C21H23N/c1-3-22(4-2)18-12-11-17-21(19-13-7-5-8-14-19)20-15-9-6-10-16-20/h5-10,13-17H,3-4,18H2,1-2H3. The third-order valence-corrected chi connectivity index (χ3v) is 3.69. The van der Waals surface area contributed by atoms with Crippen LogP contribution in [0.4, 0.5) is 0 Å². The third-order valence-electron chi connectivity index (χ3n) is 3.69. The van der Waals surface area contributed by atoms with Crippen molar-refractivity contribution in [3.8, 4) is 11.8 Å². The molecule has 0 fully saturated rings. The van der Waals surface area contributed by atoms with Crippen LogP contribution in [0.3, 0.4) is 0 Å². The van der Waals surface area contributed by atoms with Gasteiger partial charge < -0.3 is 0 Å². The number of allylic oxidation sites excluding steroid dienone is 1. The molecule has 0 bridgehead atoms. The summed E-state index contributed by atoms with van der Waals surface area (Å²) in [7, 11) is 0. The number of rotatable bonds is 5. The SMILES string of the molecule is CCN(CC)CC#CC=C(c1ccccc1)c1ccccc1. The van der Waals surface area contributed by atoms with Gasteiger partial charge in [0.15, 0.2) is 0 Å². The average molecular weight is 289 g/mol. The van der Waals surface area contributed by atoms with Gasteiger partial charge in [-0.3, -0.25) is 4.90 Å². The van der Waals surface area contributed by atoms with Gasteiger partial charge in [-0.15, -0.1) is 0 Å². The van der Waals surface area contributed by atoms with Gasteiger partial charge in [-0.2, -0.15) is 0 Å². The Kier molecular flexibility index (Phi) is 6.48. The largest absolute Gasteiger partial charge is 0.293 e. The van der Waals surface area contributed by atoms with E-state index in [-0.39, 0.29) is 0 Å². The summed E-state index contributed by atoms with van der Waals surface area (Å²) in [5.41, 5.74) is 3.57. The summed E-state index contributed by atoms with van der Waals surface area (Å²) in [6.45, 7) is 7.24. The lowest BCUT2D eigenvalue weighted by molar-refractivity contribution is 0.342. The summed E-state index contributed by atoms with van der Waals surface area (Å²) in [6, 6.07) is 20.9. The first kappa shape index (κ1) is 16.1. The van der Waals surface area contributed by atoms with Crippen molar-refractivity contribution in [1.29, 1.82) is 0 Å². The van der Waals surface area contributed by atoms with Gasteiger partial charge in [-0.1, -0.05) is 86.4 Å². The molecule has 0 atom stereocenters. The maximum Gasteiger partial charge on any atom is 0.0604 e. The van der Waals surface area contributed by atoms with Crippen molar-refractivity contribution in [1.82, 2.24) is 4.90 Å². The van der Waals surface area contributed by atoms with Gasteiger partial charge in [-0.05, 0) is 35.9 Å². The fourth-order valence-electron chi connectivity index (χ4n) is 2.30. The lowest BCUT2D eigenvalue weighted by Gasteiger charge is -2.13. The minimum atomic E-state index is 0.820. The van der Waals surface area contributed by atoms with Crippen molar-refractivity contribution in [3.05, 3.63) is 77.9 Å². The van der Waals surface area contributed by atoms with Crippen molar-refractivity contribution in [2.45, 2.75) is 13.8 Å². The summed E-state index contributed by atoms with van der Waals surface area (Å²) in [6.07, 6.45) is 2.04. The van der Waals surface area contributed by atoms with E-state index in [9.17, 15) is 0 Å². The quantitative estimate of drug-likeness (QED) is 0.734. The summed E-state index contributed by atoms with van der Waals surface area (Å²) < 4.78 is 0. The number of hydrogen-bond acceptors (Lipinski definition) is 1. The second-order valence-electron chi connectivity index (χ2n) is 5.07. The van der Waals surface area contributed by atoms with Crippen molar-refractivity contribution in [2.75, 3.05) is 19.6 Å². The minimum Gasteiger partial charge on any atom is -0.293 e. The van der Waals surface area contributed by atoms with Gasteiger partial charge in [0.1, 0.15) is 0 Å². The van der Waals surface area contributed by atoms with E-state index in [0.717, 1.165) is 19.6 Å². The summed E-state index contributed by atoms with van der Waals surface area (Å²) in [4.78, 5) is 2.31. The van der Waals surface area contributed by atoms with Crippen LogP contribution >= 0.6 is 0 Å². The Labute approximate surface area is 134 Å². The van der Waals surface area contributed by atoms with Crippen molar-refractivity contribution in [3.63, 3.8) is 0 Å². The molecule has 0 spiro atoms. The molecule has 0 heterocycles. The Morgan fingerprint density at radius 2 is 1.36 bits per heavy atom. The highest BCUT2D eigenvalue weighted by molar-refractivity contribution is 5.81. The predicted octanol–water partition coefficient (Wildman–Crippen LogP) is 4.46. The molecule has 112 valence electrons. The van der Waals surface area contributed by atoms with E-state index in [4.69, 9.17) is 0 Å². The highest BCUT2D eigenvalue weighted by Crippen LogP contribution is 2.22. The molecule has 1 heteroatoms. The highest BCUT2D eigenvalue weighted by Gasteiger charge is 2.02. The fraction of sp³-hybridized carbons (Fsp3) is 0.238. The van der Waals surface area contributed by atoms with Crippen LogP contribution in [0.15, 0.2) is 66.7 Å². The zero-order valence-corrected chi connectivity index (χ0v) is 13.4. The molecule has 2 aromatic rings. The first-order chi connectivity index (χ1) is 10.8. The Bertz CT molecular complexity index is 599. The Morgan fingerprint density at radius 3 is 1.82 bits per heavy atom. The molecule has 0 N–H and O–H groups in total. The van der Waals surface area contributed by atoms with Crippen LogP contribution in [0.1, 0.15) is 25.0 Å². The van der Waals surface area contributed by atoms with Gasteiger partial charge in [0.2, 0.25) is 0 Å². The zero-order valence-electron chi connectivity index (χ0n) is 13.4. The summed E-state index contributed by atoms with van der Waals surface area (Å²) in [5, 5.41) is 0. The van der Waals surface area contributed by atoms with Gasteiger partial charge in [0, 0.05) is 0 Å². The molecule has 2 rings (SSSR count). The number of hydrogen-bond donors (Lipinski definition) is 0. The second kappa shape index (κ2) is 8.87. The van der Waals surface area contributed by atoms with E-state index in [1.54, 1.807) is 0 Å². The van der Waals surface area contributed by atoms with Crippen LogP contribution in [0.2, 0.25) is 0 Å². The van der Waals surface area contributed by atoms with Gasteiger partial charge in [0.05, 0.1) is 6.54 Å². The topological polar surface area (TPSA) is 3.24 Å². The van der Waals surface area contributed by atoms with Crippen LogP contribution < -0.4 is 0 Å². The van der Waals surface area contributed by atoms with E-state index < -0.39 is 0 Å². The average Bonchev–Trinajstić information content (AvgIpc) is 2.60. The molecule has 0 aliphatic rings. The second-order valence-corrected chi connectivity index (χ2v) is 5.07. The molecule has 22 heavy (non-hydrogen) atoms. The van der Waals surface area contributed by atoms with Crippen LogP contribution in [-0.4, -0.2) is 24.5 Å². The maximum atomic E-state index is 3.26. The van der Waals surface area contributed by atoms with E-state index >= 15 is 0 Å². The lowest BCUT2D eigenvalue weighted by atomic mass is 9.98. The van der Waals surface area contributed by atoms with E-state index in [2.05, 4.69) is 79.1 Å². The smallest absolute Gasteiger partial charge is 0.0604 e. The molecule has 0 saturated heterocycles. The molecule has 0 aliphatic heterocycles. The van der Waals surface area contributed by atoms with Crippen molar-refractivity contribution >= 4 is 5.57 Å². The lowest BCUT2D eigenvalue weighted by Crippen LogP contribution is -2.22. The van der Waals surface area contributed by atoms with Crippen molar-refractivity contribution < 1.29 is 0 Å². The van der Waals surface area contributed by atoms with E-state index in [1.807, 2.05) is 18.2 Å². The van der Waals surface area contributed by atoms with E-state index in [0.29, 0.717) is 0 Å². The summed E-state index contributed by atoms with van der Waals surface area (Å²) >= 11 is 0. The molecular formula is C21H23N. The number of nitrogens with zero attached hydrogens (tertiary/aromatic N) is 1. The van der Waals surface area contributed by atoms with E-state index in [1.165, 1.54) is 16.7 Å². The predicted molar refractivity (Wildman–Crippen MR) is 95.5 cm³/mol. The fourth-order valence-corrected chi connectivity index (χ4v) is 2.30. The molecule has 0 aromatic heterocycles. The molecule has 0 radical (unpaired) electrons. The molecular weight excluding hydrogens is 266 g/mol. The first-order valence-electron chi connectivity index (χ1n) is 7.87. The zero-order chi connectivity index (χ0) is 15.6. The Balaban J connectivity index is 2.26. The molecule has 0 unspecified atom stereocenters.